The van der Waals surface area contributed by atoms with Crippen LogP contribution in [-0.2, 0) is 6.42 Å². The molecule has 0 saturated carbocycles. The summed E-state index contributed by atoms with van der Waals surface area (Å²) in [5.74, 6) is 6.41. The van der Waals surface area contributed by atoms with Crippen molar-refractivity contribution in [2.75, 3.05) is 0 Å². The minimum absolute atomic E-state index is 0.863. The number of imidazole rings is 1. The molecule has 3 heterocycles. The van der Waals surface area contributed by atoms with Crippen LogP contribution in [0.25, 0.3) is 27.6 Å². The number of pyridine rings is 2. The molecule has 4 heteroatoms. The zero-order chi connectivity index (χ0) is 20.3. The molecule has 0 aliphatic heterocycles. The van der Waals surface area contributed by atoms with Gasteiger partial charge in [-0.3, -0.25) is 14.5 Å². The van der Waals surface area contributed by atoms with Crippen LogP contribution >= 0.6 is 0 Å². The van der Waals surface area contributed by atoms with Gasteiger partial charge in [0.25, 0.3) is 0 Å². The van der Waals surface area contributed by atoms with Crippen LogP contribution in [-0.4, -0.2) is 19.5 Å². The van der Waals surface area contributed by atoms with Crippen molar-refractivity contribution in [3.05, 3.63) is 103 Å². The Hall–Kier alpha value is -3.97. The number of aryl methyl sites for hydroxylation is 1. The molecule has 3 aromatic heterocycles. The summed E-state index contributed by atoms with van der Waals surface area (Å²) < 4.78 is 2.12. The molecule has 0 fully saturated rings. The third kappa shape index (κ3) is 3.42. The maximum Gasteiger partial charge on any atom is 0.108 e. The van der Waals surface area contributed by atoms with Gasteiger partial charge in [0.15, 0.2) is 0 Å². The van der Waals surface area contributed by atoms with E-state index in [1.165, 1.54) is 5.56 Å². The molecule has 30 heavy (non-hydrogen) atoms. The molecule has 143 valence electrons. The third-order valence-corrected chi connectivity index (χ3v) is 5.07. The number of benzene rings is 2. The van der Waals surface area contributed by atoms with E-state index >= 15 is 0 Å². The molecule has 2 aromatic carbocycles. The van der Waals surface area contributed by atoms with E-state index in [2.05, 4.69) is 68.6 Å². The fourth-order valence-electron chi connectivity index (χ4n) is 3.58. The summed E-state index contributed by atoms with van der Waals surface area (Å²) >= 11 is 0. The molecule has 0 unspecified atom stereocenters. The highest BCUT2D eigenvalue weighted by Crippen LogP contribution is 2.26. The Morgan fingerprint density at radius 1 is 0.867 bits per heavy atom. The minimum Gasteiger partial charge on any atom is -0.298 e. The maximum absolute atomic E-state index is 4.57. The smallest absolute Gasteiger partial charge is 0.108 e. The number of aromatic nitrogens is 4. The summed E-state index contributed by atoms with van der Waals surface area (Å²) in [4.78, 5) is 13.3. The predicted octanol–water partition coefficient (Wildman–Crippen LogP) is 5.14. The van der Waals surface area contributed by atoms with Crippen molar-refractivity contribution in [3.8, 4) is 17.5 Å². The van der Waals surface area contributed by atoms with Crippen molar-refractivity contribution in [2.24, 2.45) is 0 Å². The highest BCUT2D eigenvalue weighted by molar-refractivity contribution is 6.03. The Bertz CT molecular complexity index is 1390. The van der Waals surface area contributed by atoms with E-state index in [9.17, 15) is 0 Å². The van der Waals surface area contributed by atoms with Gasteiger partial charge in [0.1, 0.15) is 11.8 Å². The Morgan fingerprint density at radius 2 is 1.73 bits per heavy atom. The summed E-state index contributed by atoms with van der Waals surface area (Å²) in [6.07, 6.45) is 9.07. The van der Waals surface area contributed by atoms with Crippen LogP contribution in [0.5, 0.6) is 0 Å². The highest BCUT2D eigenvalue weighted by atomic mass is 15.1. The van der Waals surface area contributed by atoms with E-state index in [1.807, 2.05) is 36.8 Å². The number of rotatable bonds is 3. The van der Waals surface area contributed by atoms with Gasteiger partial charge in [0.2, 0.25) is 0 Å². The number of hydrogen-bond acceptors (Lipinski definition) is 3. The van der Waals surface area contributed by atoms with E-state index in [-0.39, 0.29) is 0 Å². The van der Waals surface area contributed by atoms with Crippen molar-refractivity contribution < 1.29 is 0 Å². The molecule has 0 bridgehead atoms. The topological polar surface area (TPSA) is 43.6 Å². The van der Waals surface area contributed by atoms with Crippen LogP contribution < -0.4 is 0 Å². The summed E-state index contributed by atoms with van der Waals surface area (Å²) in [7, 11) is 0. The fraction of sp³-hybridized carbons (Fsp3) is 0.0769. The summed E-state index contributed by atoms with van der Waals surface area (Å²) in [6, 6.07) is 18.5. The van der Waals surface area contributed by atoms with Gasteiger partial charge in [-0.05, 0) is 60.9 Å². The largest absolute Gasteiger partial charge is 0.298 e. The molecule has 0 atom stereocenters. The normalized spacial score (nSPS) is 10.8. The zero-order valence-electron chi connectivity index (χ0n) is 16.4. The van der Waals surface area contributed by atoms with Crippen molar-refractivity contribution in [1.29, 1.82) is 0 Å². The molecule has 0 spiro atoms. The standard InChI is InChI=1S/C26H19N4/c1-2-4-19-8-11-22(12-9-19)30-18-29-25-17-28-24-13-10-20(15-23(24)26(25)30)6-7-21-5-3-14-27-16-21/h3,5,8-18H,1-2,4H2. The van der Waals surface area contributed by atoms with Crippen molar-refractivity contribution in [2.45, 2.75) is 12.8 Å². The van der Waals surface area contributed by atoms with Crippen LogP contribution in [0.4, 0.5) is 0 Å². The Labute approximate surface area is 175 Å². The number of fused-ring (bicyclic) bond motifs is 3. The van der Waals surface area contributed by atoms with E-state index < -0.39 is 0 Å². The molecule has 5 aromatic rings. The molecule has 1 radical (unpaired) electrons. The number of nitrogens with zero attached hydrogens (tertiary/aromatic N) is 4. The Balaban J connectivity index is 1.63. The molecule has 0 amide bonds. The monoisotopic (exact) mass is 387 g/mol. The van der Waals surface area contributed by atoms with Crippen LogP contribution in [0.15, 0.2) is 79.5 Å². The van der Waals surface area contributed by atoms with E-state index in [1.54, 1.807) is 12.4 Å². The van der Waals surface area contributed by atoms with Crippen molar-refractivity contribution >= 4 is 21.9 Å². The second-order valence-electron chi connectivity index (χ2n) is 7.10. The van der Waals surface area contributed by atoms with Gasteiger partial charge in [0, 0.05) is 34.6 Å². The maximum atomic E-state index is 4.57. The lowest BCUT2D eigenvalue weighted by atomic mass is 10.1. The first-order valence-electron chi connectivity index (χ1n) is 9.88. The van der Waals surface area contributed by atoms with Crippen LogP contribution in [0.3, 0.4) is 0 Å². The molecular weight excluding hydrogens is 368 g/mol. The fourth-order valence-corrected chi connectivity index (χ4v) is 3.58. The molecular formula is C26H19N4. The highest BCUT2D eigenvalue weighted by Gasteiger charge is 2.10. The van der Waals surface area contributed by atoms with Crippen molar-refractivity contribution in [1.82, 2.24) is 19.5 Å². The van der Waals surface area contributed by atoms with Crippen LogP contribution in [0.1, 0.15) is 23.1 Å². The van der Waals surface area contributed by atoms with Gasteiger partial charge < -0.3 is 0 Å². The average molecular weight is 387 g/mol. The van der Waals surface area contributed by atoms with E-state index in [0.29, 0.717) is 0 Å². The molecule has 0 aliphatic rings. The summed E-state index contributed by atoms with van der Waals surface area (Å²) in [5, 5.41) is 1.03. The SMILES string of the molecule is [CH2]CCc1ccc(-n2cnc3cnc4ccc(C#Cc5cccnc5)cc4c32)cc1. The lowest BCUT2D eigenvalue weighted by Crippen LogP contribution is -1.94. The second-order valence-corrected chi connectivity index (χ2v) is 7.10. The van der Waals surface area contributed by atoms with Gasteiger partial charge in [-0.15, -0.1) is 0 Å². The average Bonchev–Trinajstić information content (AvgIpc) is 3.24. The first-order valence-corrected chi connectivity index (χ1v) is 9.88. The van der Waals surface area contributed by atoms with Gasteiger partial charge in [-0.1, -0.05) is 30.9 Å². The van der Waals surface area contributed by atoms with Gasteiger partial charge in [-0.2, -0.15) is 0 Å². The first-order chi connectivity index (χ1) is 14.8. The van der Waals surface area contributed by atoms with E-state index in [4.69, 9.17) is 0 Å². The van der Waals surface area contributed by atoms with Gasteiger partial charge >= 0.3 is 0 Å². The minimum atomic E-state index is 0.863. The predicted molar refractivity (Wildman–Crippen MR) is 120 cm³/mol. The second kappa shape index (κ2) is 7.81. The number of hydrogen-bond donors (Lipinski definition) is 0. The summed E-state index contributed by atoms with van der Waals surface area (Å²) in [6.45, 7) is 3.93. The van der Waals surface area contributed by atoms with Gasteiger partial charge in [-0.25, -0.2) is 4.98 Å². The lowest BCUT2D eigenvalue weighted by Gasteiger charge is -2.08. The van der Waals surface area contributed by atoms with Gasteiger partial charge in [0.05, 0.1) is 17.2 Å². The van der Waals surface area contributed by atoms with E-state index in [0.717, 1.165) is 51.6 Å². The van der Waals surface area contributed by atoms with Crippen LogP contribution in [0.2, 0.25) is 0 Å². The van der Waals surface area contributed by atoms with Crippen molar-refractivity contribution in [3.63, 3.8) is 0 Å². The molecule has 0 saturated heterocycles. The first kappa shape index (κ1) is 18.1. The quantitative estimate of drug-likeness (QED) is 0.403. The molecule has 0 aliphatic carbocycles. The molecule has 4 nitrogen and oxygen atoms in total. The lowest BCUT2D eigenvalue weighted by molar-refractivity contribution is 0.994. The molecule has 5 rings (SSSR count). The summed E-state index contributed by atoms with van der Waals surface area (Å²) in [5.41, 5.74) is 7.00. The molecule has 0 N–H and O–H groups in total. The van der Waals surface area contributed by atoms with Crippen LogP contribution in [0, 0.1) is 18.8 Å². The third-order valence-electron chi connectivity index (χ3n) is 5.07. The Morgan fingerprint density at radius 3 is 2.53 bits per heavy atom. The zero-order valence-corrected chi connectivity index (χ0v) is 16.4. The Kier molecular flexibility index (Phi) is 4.71.